The lowest BCUT2D eigenvalue weighted by Crippen LogP contribution is -2.22. The van der Waals surface area contributed by atoms with Crippen LogP contribution in [0.3, 0.4) is 0 Å². The van der Waals surface area contributed by atoms with E-state index in [0.717, 1.165) is 5.56 Å². The van der Waals surface area contributed by atoms with Crippen LogP contribution in [0.25, 0.3) is 0 Å². The van der Waals surface area contributed by atoms with Crippen molar-refractivity contribution in [3.8, 4) is 5.75 Å². The van der Waals surface area contributed by atoms with E-state index in [1.54, 1.807) is 30.3 Å². The maximum absolute atomic E-state index is 12.8. The molecular weight excluding hydrogens is 259 g/mol. The smallest absolute Gasteiger partial charge is 0.251 e. The minimum absolute atomic E-state index is 0.264. The Labute approximate surface area is 116 Å². The quantitative estimate of drug-likeness (QED) is 0.841. The van der Waals surface area contributed by atoms with Crippen LogP contribution in [0.4, 0.5) is 10.1 Å². The number of nitrogen functional groups attached to an aromatic ring is 1. The van der Waals surface area contributed by atoms with E-state index >= 15 is 0 Å². The molecular formula is C15H15FN2O2. The Morgan fingerprint density at radius 3 is 2.60 bits per heavy atom. The van der Waals surface area contributed by atoms with Crippen molar-refractivity contribution in [3.05, 3.63) is 59.4 Å². The van der Waals surface area contributed by atoms with Crippen molar-refractivity contribution in [1.29, 1.82) is 0 Å². The summed E-state index contributed by atoms with van der Waals surface area (Å²) in [6.07, 6.45) is 0. The summed E-state index contributed by atoms with van der Waals surface area (Å²) < 4.78 is 17.8. The van der Waals surface area contributed by atoms with Crippen molar-refractivity contribution in [1.82, 2.24) is 5.32 Å². The number of nitrogens with one attached hydrogen (secondary N) is 1. The fourth-order valence-electron chi connectivity index (χ4n) is 1.76. The van der Waals surface area contributed by atoms with Gasteiger partial charge in [0.15, 0.2) is 0 Å². The van der Waals surface area contributed by atoms with E-state index in [-0.39, 0.29) is 11.7 Å². The van der Waals surface area contributed by atoms with Gasteiger partial charge in [0.2, 0.25) is 0 Å². The van der Waals surface area contributed by atoms with E-state index in [1.165, 1.54) is 19.2 Å². The highest BCUT2D eigenvalue weighted by molar-refractivity contribution is 5.95. The average molecular weight is 274 g/mol. The predicted molar refractivity (Wildman–Crippen MR) is 75.0 cm³/mol. The first-order valence-corrected chi connectivity index (χ1v) is 6.05. The van der Waals surface area contributed by atoms with Crippen molar-refractivity contribution < 1.29 is 13.9 Å². The molecule has 0 saturated heterocycles. The molecule has 0 atom stereocenters. The van der Waals surface area contributed by atoms with Gasteiger partial charge in [-0.15, -0.1) is 0 Å². The van der Waals surface area contributed by atoms with Crippen LogP contribution in [0.1, 0.15) is 15.9 Å². The SMILES string of the molecule is COc1cc(N)cc(C(=O)NCc2ccc(F)cc2)c1. The molecule has 5 heteroatoms. The van der Waals surface area contributed by atoms with Crippen LogP contribution in [0.5, 0.6) is 5.75 Å². The number of rotatable bonds is 4. The number of methoxy groups -OCH3 is 1. The molecule has 4 nitrogen and oxygen atoms in total. The molecule has 0 aliphatic carbocycles. The van der Waals surface area contributed by atoms with E-state index in [0.29, 0.717) is 23.5 Å². The summed E-state index contributed by atoms with van der Waals surface area (Å²) >= 11 is 0. The number of hydrogen-bond acceptors (Lipinski definition) is 3. The van der Waals surface area contributed by atoms with Gasteiger partial charge in [0.05, 0.1) is 7.11 Å². The Bertz CT molecular complexity index is 612. The van der Waals surface area contributed by atoms with Gasteiger partial charge in [-0.25, -0.2) is 4.39 Å². The molecule has 2 rings (SSSR count). The van der Waals surface area contributed by atoms with E-state index in [2.05, 4.69) is 5.32 Å². The molecule has 20 heavy (non-hydrogen) atoms. The highest BCUT2D eigenvalue weighted by atomic mass is 19.1. The van der Waals surface area contributed by atoms with Crippen molar-refractivity contribution in [2.45, 2.75) is 6.54 Å². The molecule has 2 aromatic carbocycles. The van der Waals surface area contributed by atoms with Crippen molar-refractivity contribution in [2.75, 3.05) is 12.8 Å². The number of halogens is 1. The number of nitrogens with two attached hydrogens (primary N) is 1. The predicted octanol–water partition coefficient (Wildman–Crippen LogP) is 2.35. The van der Waals surface area contributed by atoms with Gasteiger partial charge in [0.1, 0.15) is 11.6 Å². The first-order chi connectivity index (χ1) is 9.58. The van der Waals surface area contributed by atoms with Gasteiger partial charge >= 0.3 is 0 Å². The van der Waals surface area contributed by atoms with Gasteiger partial charge in [-0.05, 0) is 29.8 Å². The van der Waals surface area contributed by atoms with Gasteiger partial charge < -0.3 is 15.8 Å². The topological polar surface area (TPSA) is 64.3 Å². The standard InChI is InChI=1S/C15H15FN2O2/c1-20-14-7-11(6-13(17)8-14)15(19)18-9-10-2-4-12(16)5-3-10/h2-8H,9,17H2,1H3,(H,18,19). The number of benzene rings is 2. The van der Waals surface area contributed by atoms with Crippen LogP contribution < -0.4 is 15.8 Å². The average Bonchev–Trinajstić information content (AvgIpc) is 2.45. The first kappa shape index (κ1) is 13.9. The fourth-order valence-corrected chi connectivity index (χ4v) is 1.76. The molecule has 0 aromatic heterocycles. The molecule has 0 heterocycles. The molecule has 0 saturated carbocycles. The zero-order valence-electron chi connectivity index (χ0n) is 11.0. The number of carbonyl (C=O) groups excluding carboxylic acids is 1. The summed E-state index contributed by atoms with van der Waals surface area (Å²) in [6.45, 7) is 0.316. The summed E-state index contributed by atoms with van der Waals surface area (Å²) in [5.74, 6) is -0.0440. The first-order valence-electron chi connectivity index (χ1n) is 6.05. The molecule has 0 spiro atoms. The minimum atomic E-state index is -0.305. The van der Waals surface area contributed by atoms with Crippen LogP contribution in [-0.2, 0) is 6.54 Å². The third-order valence-corrected chi connectivity index (χ3v) is 2.79. The Kier molecular flexibility index (Phi) is 4.20. The maximum atomic E-state index is 12.8. The number of ether oxygens (including phenoxy) is 1. The lowest BCUT2D eigenvalue weighted by Gasteiger charge is -2.08. The van der Waals surface area contributed by atoms with Crippen LogP contribution in [0.15, 0.2) is 42.5 Å². The normalized spacial score (nSPS) is 10.1. The van der Waals surface area contributed by atoms with Gasteiger partial charge in [-0.3, -0.25) is 4.79 Å². The lowest BCUT2D eigenvalue weighted by atomic mass is 10.1. The monoisotopic (exact) mass is 274 g/mol. The molecule has 0 bridgehead atoms. The lowest BCUT2D eigenvalue weighted by molar-refractivity contribution is 0.0950. The fraction of sp³-hybridized carbons (Fsp3) is 0.133. The van der Waals surface area contributed by atoms with Crippen LogP contribution in [-0.4, -0.2) is 13.0 Å². The Balaban J connectivity index is 2.04. The van der Waals surface area contributed by atoms with Crippen LogP contribution >= 0.6 is 0 Å². The van der Waals surface area contributed by atoms with Crippen molar-refractivity contribution in [2.24, 2.45) is 0 Å². The second-order valence-electron chi connectivity index (χ2n) is 4.30. The van der Waals surface area contributed by atoms with E-state index in [4.69, 9.17) is 10.5 Å². The highest BCUT2D eigenvalue weighted by Gasteiger charge is 2.08. The number of hydrogen-bond donors (Lipinski definition) is 2. The maximum Gasteiger partial charge on any atom is 0.251 e. The van der Waals surface area contributed by atoms with Gasteiger partial charge in [-0.1, -0.05) is 12.1 Å². The zero-order valence-corrected chi connectivity index (χ0v) is 11.0. The van der Waals surface area contributed by atoms with E-state index in [1.807, 2.05) is 0 Å². The molecule has 104 valence electrons. The molecule has 0 aliphatic heterocycles. The van der Waals surface area contributed by atoms with E-state index < -0.39 is 0 Å². The molecule has 0 unspecified atom stereocenters. The van der Waals surface area contributed by atoms with Crippen molar-refractivity contribution >= 4 is 11.6 Å². The summed E-state index contributed by atoms with van der Waals surface area (Å²) in [5.41, 5.74) is 7.39. The summed E-state index contributed by atoms with van der Waals surface area (Å²) in [7, 11) is 1.51. The zero-order chi connectivity index (χ0) is 14.5. The molecule has 1 amide bonds. The largest absolute Gasteiger partial charge is 0.497 e. The molecule has 2 aromatic rings. The van der Waals surface area contributed by atoms with Crippen LogP contribution in [0, 0.1) is 5.82 Å². The second-order valence-corrected chi connectivity index (χ2v) is 4.30. The van der Waals surface area contributed by atoms with E-state index in [9.17, 15) is 9.18 Å². The molecule has 0 fully saturated rings. The second kappa shape index (κ2) is 6.06. The summed E-state index contributed by atoms with van der Waals surface area (Å²) in [4.78, 5) is 12.0. The number of carbonyl (C=O) groups is 1. The molecule has 0 radical (unpaired) electrons. The third kappa shape index (κ3) is 3.47. The minimum Gasteiger partial charge on any atom is -0.497 e. The third-order valence-electron chi connectivity index (χ3n) is 2.79. The van der Waals surface area contributed by atoms with Gasteiger partial charge in [0.25, 0.3) is 5.91 Å². The van der Waals surface area contributed by atoms with Gasteiger partial charge in [-0.2, -0.15) is 0 Å². The Morgan fingerprint density at radius 2 is 1.95 bits per heavy atom. The number of anilines is 1. The van der Waals surface area contributed by atoms with Crippen molar-refractivity contribution in [3.63, 3.8) is 0 Å². The Morgan fingerprint density at radius 1 is 1.25 bits per heavy atom. The highest BCUT2D eigenvalue weighted by Crippen LogP contribution is 2.18. The molecule has 0 aliphatic rings. The van der Waals surface area contributed by atoms with Crippen LogP contribution in [0.2, 0.25) is 0 Å². The summed E-state index contributed by atoms with van der Waals surface area (Å²) in [6, 6.07) is 10.8. The van der Waals surface area contributed by atoms with Gasteiger partial charge in [0, 0.05) is 23.9 Å². The molecule has 3 N–H and O–H groups in total. The Hall–Kier alpha value is -2.56. The number of amides is 1. The summed E-state index contributed by atoms with van der Waals surface area (Å²) in [5, 5.41) is 2.74.